The number of pyridine rings is 1. The van der Waals surface area contributed by atoms with Crippen LogP contribution in [0, 0.1) is 0 Å². The van der Waals surface area contributed by atoms with Crippen molar-refractivity contribution in [2.24, 2.45) is 0 Å². The van der Waals surface area contributed by atoms with Crippen molar-refractivity contribution in [3.63, 3.8) is 0 Å². The topological polar surface area (TPSA) is 96.8 Å². The largest absolute Gasteiger partial charge is 0.478 e. The Morgan fingerprint density at radius 2 is 2.08 bits per heavy atom. The van der Waals surface area contributed by atoms with Crippen LogP contribution >= 0.6 is 0 Å². The SMILES string of the molecule is CCOc1ncccc1S(=O)(=O)N1Cc2cccc(C(=O)O)c2C1. The van der Waals surface area contributed by atoms with Gasteiger partial charge in [-0.3, -0.25) is 0 Å². The van der Waals surface area contributed by atoms with Gasteiger partial charge in [-0.1, -0.05) is 12.1 Å². The van der Waals surface area contributed by atoms with Gasteiger partial charge in [0.2, 0.25) is 15.9 Å². The van der Waals surface area contributed by atoms with Crippen LogP contribution in [0.2, 0.25) is 0 Å². The van der Waals surface area contributed by atoms with E-state index in [1.807, 2.05) is 0 Å². The fraction of sp³-hybridized carbons (Fsp3) is 0.250. The number of sulfonamides is 1. The van der Waals surface area contributed by atoms with E-state index in [1.165, 1.54) is 28.7 Å². The molecule has 126 valence electrons. The number of benzene rings is 1. The zero-order valence-corrected chi connectivity index (χ0v) is 13.8. The minimum Gasteiger partial charge on any atom is -0.478 e. The maximum absolute atomic E-state index is 12.9. The lowest BCUT2D eigenvalue weighted by molar-refractivity contribution is 0.0695. The predicted octanol–water partition coefficient (Wildman–Crippen LogP) is 1.88. The first-order chi connectivity index (χ1) is 11.4. The Bertz CT molecular complexity index is 895. The fourth-order valence-corrected chi connectivity index (χ4v) is 4.19. The Morgan fingerprint density at radius 3 is 2.79 bits per heavy atom. The van der Waals surface area contributed by atoms with Gasteiger partial charge in [-0.2, -0.15) is 4.31 Å². The average molecular weight is 348 g/mol. The lowest BCUT2D eigenvalue weighted by Gasteiger charge is -2.17. The monoisotopic (exact) mass is 348 g/mol. The van der Waals surface area contributed by atoms with Gasteiger partial charge in [0.15, 0.2) is 0 Å². The normalized spacial score (nSPS) is 14.4. The van der Waals surface area contributed by atoms with Crippen LogP contribution in [0.4, 0.5) is 0 Å². The molecule has 0 saturated carbocycles. The molecule has 1 aromatic carbocycles. The number of carboxylic acid groups (broad SMARTS) is 1. The fourth-order valence-electron chi connectivity index (χ4n) is 2.72. The van der Waals surface area contributed by atoms with Crippen LogP contribution in [0.25, 0.3) is 0 Å². The van der Waals surface area contributed by atoms with Crippen LogP contribution in [0.5, 0.6) is 5.88 Å². The van der Waals surface area contributed by atoms with Crippen molar-refractivity contribution in [3.05, 3.63) is 53.2 Å². The molecule has 0 bridgehead atoms. The van der Waals surface area contributed by atoms with Gasteiger partial charge in [0.25, 0.3) is 0 Å². The molecule has 2 aromatic rings. The van der Waals surface area contributed by atoms with Gasteiger partial charge in [0, 0.05) is 19.3 Å². The molecule has 0 atom stereocenters. The standard InChI is InChI=1S/C16H16N2O5S/c1-2-23-15-14(7-4-8-17-15)24(21,22)18-9-11-5-3-6-12(16(19)20)13(11)10-18/h3-8H,2,9-10H2,1H3,(H,19,20). The number of aromatic carboxylic acids is 1. The molecule has 1 aliphatic rings. The Balaban J connectivity index is 1.99. The van der Waals surface area contributed by atoms with Crippen molar-refractivity contribution in [1.82, 2.24) is 9.29 Å². The maximum atomic E-state index is 12.9. The molecule has 0 aliphatic carbocycles. The smallest absolute Gasteiger partial charge is 0.336 e. The van der Waals surface area contributed by atoms with E-state index in [9.17, 15) is 18.3 Å². The van der Waals surface area contributed by atoms with Crippen LogP contribution in [-0.4, -0.2) is 35.4 Å². The van der Waals surface area contributed by atoms with Gasteiger partial charge in [-0.15, -0.1) is 0 Å². The zero-order chi connectivity index (χ0) is 17.3. The van der Waals surface area contributed by atoms with Gasteiger partial charge in [-0.25, -0.2) is 18.2 Å². The first-order valence-electron chi connectivity index (χ1n) is 7.37. The highest BCUT2D eigenvalue weighted by Gasteiger charge is 2.34. The Labute approximate surface area is 139 Å². The Kier molecular flexibility index (Phi) is 4.25. The highest BCUT2D eigenvalue weighted by Crippen LogP contribution is 2.33. The number of hydrogen-bond acceptors (Lipinski definition) is 5. The first kappa shape index (κ1) is 16.4. The van der Waals surface area contributed by atoms with E-state index in [4.69, 9.17) is 4.74 Å². The number of carbonyl (C=O) groups is 1. The second kappa shape index (κ2) is 6.21. The van der Waals surface area contributed by atoms with Crippen molar-refractivity contribution < 1.29 is 23.1 Å². The molecule has 0 fully saturated rings. The molecule has 7 nitrogen and oxygen atoms in total. The summed E-state index contributed by atoms with van der Waals surface area (Å²) in [7, 11) is -3.85. The summed E-state index contributed by atoms with van der Waals surface area (Å²) in [5, 5.41) is 9.27. The summed E-state index contributed by atoms with van der Waals surface area (Å²) >= 11 is 0. The van der Waals surface area contributed by atoms with Crippen molar-refractivity contribution >= 4 is 16.0 Å². The third kappa shape index (κ3) is 2.74. The summed E-state index contributed by atoms with van der Waals surface area (Å²) in [6.07, 6.45) is 1.46. The number of hydrogen-bond donors (Lipinski definition) is 1. The summed E-state index contributed by atoms with van der Waals surface area (Å²) < 4.78 is 32.4. The van der Waals surface area contributed by atoms with Crippen LogP contribution in [0.3, 0.4) is 0 Å². The van der Waals surface area contributed by atoms with Crippen LogP contribution in [-0.2, 0) is 23.1 Å². The van der Waals surface area contributed by atoms with E-state index in [-0.39, 0.29) is 29.4 Å². The minimum atomic E-state index is -3.85. The minimum absolute atomic E-state index is 0.0145. The van der Waals surface area contributed by atoms with Crippen molar-refractivity contribution in [3.8, 4) is 5.88 Å². The highest BCUT2D eigenvalue weighted by molar-refractivity contribution is 7.89. The molecule has 1 aliphatic heterocycles. The van der Waals surface area contributed by atoms with E-state index < -0.39 is 16.0 Å². The average Bonchev–Trinajstić information content (AvgIpc) is 3.00. The second-order valence-corrected chi connectivity index (χ2v) is 7.17. The zero-order valence-electron chi connectivity index (χ0n) is 13.0. The number of fused-ring (bicyclic) bond motifs is 1. The van der Waals surface area contributed by atoms with E-state index in [2.05, 4.69) is 4.98 Å². The highest BCUT2D eigenvalue weighted by atomic mass is 32.2. The van der Waals surface area contributed by atoms with Crippen LogP contribution < -0.4 is 4.74 Å². The molecule has 3 rings (SSSR count). The number of aromatic nitrogens is 1. The van der Waals surface area contributed by atoms with Gasteiger partial charge in [-0.05, 0) is 36.2 Å². The predicted molar refractivity (Wildman–Crippen MR) is 85.2 cm³/mol. The van der Waals surface area contributed by atoms with E-state index in [0.717, 1.165) is 0 Å². The summed E-state index contributed by atoms with van der Waals surface area (Å²) in [5.41, 5.74) is 1.34. The number of rotatable bonds is 5. The molecule has 1 N–H and O–H groups in total. The molecule has 0 radical (unpaired) electrons. The van der Waals surface area contributed by atoms with Gasteiger partial charge >= 0.3 is 5.97 Å². The number of ether oxygens (including phenoxy) is 1. The lowest BCUT2D eigenvalue weighted by atomic mass is 10.0. The molecule has 0 amide bonds. The molecule has 2 heterocycles. The maximum Gasteiger partial charge on any atom is 0.336 e. The van der Waals surface area contributed by atoms with Crippen molar-refractivity contribution in [2.75, 3.05) is 6.61 Å². The van der Waals surface area contributed by atoms with Crippen LogP contribution in [0.15, 0.2) is 41.4 Å². The molecular formula is C16H16N2O5S. The van der Waals surface area contributed by atoms with Crippen molar-refractivity contribution in [2.45, 2.75) is 24.9 Å². The quantitative estimate of drug-likeness (QED) is 0.886. The molecule has 0 spiro atoms. The lowest BCUT2D eigenvalue weighted by Crippen LogP contribution is -2.26. The molecule has 0 unspecified atom stereocenters. The van der Waals surface area contributed by atoms with Crippen molar-refractivity contribution in [1.29, 1.82) is 0 Å². The van der Waals surface area contributed by atoms with Gasteiger partial charge in [0.1, 0.15) is 4.90 Å². The summed E-state index contributed by atoms with van der Waals surface area (Å²) in [4.78, 5) is 15.3. The second-order valence-electron chi connectivity index (χ2n) is 5.26. The molecule has 8 heteroatoms. The first-order valence-corrected chi connectivity index (χ1v) is 8.81. The van der Waals surface area contributed by atoms with Crippen LogP contribution in [0.1, 0.15) is 28.4 Å². The summed E-state index contributed by atoms with van der Waals surface area (Å²) in [6.45, 7) is 2.18. The molecule has 24 heavy (non-hydrogen) atoms. The molecule has 0 saturated heterocycles. The number of nitrogens with zero attached hydrogens (tertiary/aromatic N) is 2. The van der Waals surface area contributed by atoms with E-state index in [1.54, 1.807) is 19.1 Å². The summed E-state index contributed by atoms with van der Waals surface area (Å²) in [5.74, 6) is -1.02. The van der Waals surface area contributed by atoms with Gasteiger partial charge in [0.05, 0.1) is 12.2 Å². The van der Waals surface area contributed by atoms with E-state index >= 15 is 0 Å². The Morgan fingerprint density at radius 1 is 1.29 bits per heavy atom. The van der Waals surface area contributed by atoms with E-state index in [0.29, 0.717) is 17.7 Å². The Hall–Kier alpha value is -2.45. The number of carboxylic acids is 1. The van der Waals surface area contributed by atoms with Gasteiger partial charge < -0.3 is 9.84 Å². The molecule has 1 aromatic heterocycles. The molecular weight excluding hydrogens is 332 g/mol. The third-order valence-electron chi connectivity index (χ3n) is 3.82. The third-order valence-corrected chi connectivity index (χ3v) is 5.62. The summed E-state index contributed by atoms with van der Waals surface area (Å²) in [6, 6.07) is 7.81.